The molecule has 1 aromatic rings. The second-order valence-corrected chi connectivity index (χ2v) is 4.74. The van der Waals surface area contributed by atoms with E-state index in [-0.39, 0.29) is 18.0 Å². The van der Waals surface area contributed by atoms with Gasteiger partial charge in [0.2, 0.25) is 5.91 Å². The monoisotopic (exact) mass is 233 g/mol. The Hall–Kier alpha value is -1.42. The molecule has 2 N–H and O–H groups in total. The van der Waals surface area contributed by atoms with E-state index in [0.717, 1.165) is 24.1 Å². The van der Waals surface area contributed by atoms with Crippen molar-refractivity contribution in [3.05, 3.63) is 29.6 Å². The van der Waals surface area contributed by atoms with Gasteiger partial charge in [-0.05, 0) is 31.4 Å². The van der Waals surface area contributed by atoms with Crippen molar-refractivity contribution in [1.82, 2.24) is 9.88 Å². The molecule has 1 aliphatic rings. The lowest BCUT2D eigenvalue weighted by Gasteiger charge is -2.30. The van der Waals surface area contributed by atoms with Crippen molar-refractivity contribution in [3.63, 3.8) is 0 Å². The van der Waals surface area contributed by atoms with Gasteiger partial charge in [0.25, 0.3) is 0 Å². The molecule has 0 spiro atoms. The van der Waals surface area contributed by atoms with Crippen molar-refractivity contribution in [1.29, 1.82) is 0 Å². The van der Waals surface area contributed by atoms with E-state index in [1.807, 2.05) is 32.3 Å². The van der Waals surface area contributed by atoms with Crippen LogP contribution >= 0.6 is 0 Å². The fourth-order valence-electron chi connectivity index (χ4n) is 2.39. The molecule has 1 fully saturated rings. The van der Waals surface area contributed by atoms with E-state index in [1.54, 1.807) is 4.90 Å². The van der Waals surface area contributed by atoms with Crippen LogP contribution in [-0.4, -0.2) is 28.9 Å². The maximum absolute atomic E-state index is 11.9. The van der Waals surface area contributed by atoms with Gasteiger partial charge in [0.1, 0.15) is 0 Å². The molecule has 0 aliphatic carbocycles. The van der Waals surface area contributed by atoms with Gasteiger partial charge in [-0.1, -0.05) is 6.07 Å². The van der Waals surface area contributed by atoms with Gasteiger partial charge < -0.3 is 10.6 Å². The van der Waals surface area contributed by atoms with Gasteiger partial charge in [-0.3, -0.25) is 9.78 Å². The number of aromatic nitrogens is 1. The molecule has 2 atom stereocenters. The van der Waals surface area contributed by atoms with Gasteiger partial charge >= 0.3 is 0 Å². The van der Waals surface area contributed by atoms with E-state index in [2.05, 4.69) is 4.98 Å². The minimum absolute atomic E-state index is 0.00374. The van der Waals surface area contributed by atoms with E-state index in [1.165, 1.54) is 0 Å². The average Bonchev–Trinajstić information content (AvgIpc) is 2.42. The highest BCUT2D eigenvalue weighted by molar-refractivity contribution is 5.76. The summed E-state index contributed by atoms with van der Waals surface area (Å²) in [6.45, 7) is 1.95. The first-order valence-electron chi connectivity index (χ1n) is 6.03. The Balaban J connectivity index is 2.32. The molecule has 4 heteroatoms. The van der Waals surface area contributed by atoms with Crippen molar-refractivity contribution in [3.8, 4) is 0 Å². The summed E-state index contributed by atoms with van der Waals surface area (Å²) in [6.07, 6.45) is 4.18. The molecule has 1 aromatic heterocycles. The van der Waals surface area contributed by atoms with Crippen LogP contribution in [0.25, 0.3) is 0 Å². The number of hydrogen-bond acceptors (Lipinski definition) is 3. The van der Waals surface area contributed by atoms with Crippen molar-refractivity contribution in [2.24, 2.45) is 5.73 Å². The van der Waals surface area contributed by atoms with Gasteiger partial charge in [-0.25, -0.2) is 0 Å². The van der Waals surface area contributed by atoms with Crippen molar-refractivity contribution >= 4 is 5.91 Å². The molecule has 0 saturated carbocycles. The zero-order chi connectivity index (χ0) is 12.4. The number of nitrogens with two attached hydrogens (primary N) is 1. The molecule has 4 nitrogen and oxygen atoms in total. The number of rotatable bonds is 1. The zero-order valence-corrected chi connectivity index (χ0v) is 10.4. The van der Waals surface area contributed by atoms with E-state index in [9.17, 15) is 4.79 Å². The molecular formula is C13H19N3O. The van der Waals surface area contributed by atoms with Crippen LogP contribution < -0.4 is 5.73 Å². The largest absolute Gasteiger partial charge is 0.337 e. The SMILES string of the molecule is Cc1ccc(C2C(N)CCCC(=O)N2C)cn1. The maximum atomic E-state index is 11.9. The van der Waals surface area contributed by atoms with Crippen LogP contribution in [0.15, 0.2) is 18.3 Å². The molecule has 2 unspecified atom stereocenters. The molecule has 0 aromatic carbocycles. The Morgan fingerprint density at radius 3 is 2.88 bits per heavy atom. The third-order valence-electron chi connectivity index (χ3n) is 3.42. The minimum atomic E-state index is -0.0434. The number of aryl methyl sites for hydroxylation is 1. The molecule has 0 bridgehead atoms. The molecule has 1 aliphatic heterocycles. The number of carbonyl (C=O) groups is 1. The van der Waals surface area contributed by atoms with E-state index < -0.39 is 0 Å². The van der Waals surface area contributed by atoms with E-state index in [4.69, 9.17) is 5.73 Å². The predicted octanol–water partition coefficient (Wildman–Crippen LogP) is 1.40. The number of pyridine rings is 1. The summed E-state index contributed by atoms with van der Waals surface area (Å²) in [5.74, 6) is 0.170. The smallest absolute Gasteiger partial charge is 0.222 e. The lowest BCUT2D eigenvalue weighted by atomic mass is 9.98. The van der Waals surface area contributed by atoms with Crippen LogP contribution in [0.2, 0.25) is 0 Å². The summed E-state index contributed by atoms with van der Waals surface area (Å²) in [5, 5.41) is 0. The predicted molar refractivity (Wildman–Crippen MR) is 66.3 cm³/mol. The number of amides is 1. The maximum Gasteiger partial charge on any atom is 0.222 e. The Labute approximate surface area is 102 Å². The highest BCUT2D eigenvalue weighted by atomic mass is 16.2. The summed E-state index contributed by atoms with van der Waals surface area (Å²) >= 11 is 0. The summed E-state index contributed by atoms with van der Waals surface area (Å²) in [5.41, 5.74) is 8.19. The second kappa shape index (κ2) is 4.84. The van der Waals surface area contributed by atoms with Crippen molar-refractivity contribution < 1.29 is 4.79 Å². The normalized spacial score (nSPS) is 25.8. The summed E-state index contributed by atoms with van der Waals surface area (Å²) < 4.78 is 0. The number of likely N-dealkylation sites (N-methyl/N-ethyl adjacent to an activating group) is 1. The lowest BCUT2D eigenvalue weighted by Crippen LogP contribution is -2.39. The Morgan fingerprint density at radius 2 is 2.24 bits per heavy atom. The molecule has 2 heterocycles. The molecule has 1 saturated heterocycles. The summed E-state index contributed by atoms with van der Waals surface area (Å²) in [4.78, 5) is 17.9. The van der Waals surface area contributed by atoms with Gasteiger partial charge in [0.05, 0.1) is 6.04 Å². The first kappa shape index (κ1) is 12.0. The number of carbonyl (C=O) groups excluding carboxylic acids is 1. The van der Waals surface area contributed by atoms with Crippen LogP contribution in [0, 0.1) is 6.92 Å². The van der Waals surface area contributed by atoms with Gasteiger partial charge in [0.15, 0.2) is 0 Å². The molecule has 1 amide bonds. The average molecular weight is 233 g/mol. The number of hydrogen-bond donors (Lipinski definition) is 1. The fourth-order valence-corrected chi connectivity index (χ4v) is 2.39. The highest BCUT2D eigenvalue weighted by Gasteiger charge is 2.30. The molecule has 92 valence electrons. The van der Waals surface area contributed by atoms with Crippen LogP contribution in [0.1, 0.15) is 36.6 Å². The summed E-state index contributed by atoms with van der Waals surface area (Å²) in [6, 6.07) is 3.93. The molecular weight excluding hydrogens is 214 g/mol. The zero-order valence-electron chi connectivity index (χ0n) is 10.4. The first-order chi connectivity index (χ1) is 8.09. The van der Waals surface area contributed by atoms with Crippen LogP contribution in [0.3, 0.4) is 0 Å². The quantitative estimate of drug-likeness (QED) is 0.797. The summed E-state index contributed by atoms with van der Waals surface area (Å²) in [7, 11) is 1.83. The lowest BCUT2D eigenvalue weighted by molar-refractivity contribution is -0.131. The molecule has 17 heavy (non-hydrogen) atoms. The third-order valence-corrected chi connectivity index (χ3v) is 3.42. The second-order valence-electron chi connectivity index (χ2n) is 4.74. The van der Waals surface area contributed by atoms with Crippen molar-refractivity contribution in [2.75, 3.05) is 7.05 Å². The first-order valence-corrected chi connectivity index (χ1v) is 6.03. The van der Waals surface area contributed by atoms with Crippen LogP contribution in [-0.2, 0) is 4.79 Å². The topological polar surface area (TPSA) is 59.2 Å². The number of nitrogens with zero attached hydrogens (tertiary/aromatic N) is 2. The highest BCUT2D eigenvalue weighted by Crippen LogP contribution is 2.28. The molecule has 0 radical (unpaired) electrons. The van der Waals surface area contributed by atoms with E-state index in [0.29, 0.717) is 6.42 Å². The minimum Gasteiger partial charge on any atom is -0.337 e. The fraction of sp³-hybridized carbons (Fsp3) is 0.538. The van der Waals surface area contributed by atoms with E-state index >= 15 is 0 Å². The van der Waals surface area contributed by atoms with Crippen LogP contribution in [0.4, 0.5) is 0 Å². The Morgan fingerprint density at radius 1 is 1.47 bits per heavy atom. The van der Waals surface area contributed by atoms with Gasteiger partial charge in [-0.2, -0.15) is 0 Å². The third kappa shape index (κ3) is 2.47. The Kier molecular flexibility index (Phi) is 3.43. The standard InChI is InChI=1S/C13H19N3O/c1-9-6-7-10(8-15-9)13-11(14)4-3-5-12(17)16(13)2/h6-8,11,13H,3-5,14H2,1-2H3. The number of likely N-dealkylation sites (tertiary alicyclic amines) is 1. The Bertz CT molecular complexity index is 402. The van der Waals surface area contributed by atoms with Crippen LogP contribution in [0.5, 0.6) is 0 Å². The molecule has 2 rings (SSSR count). The van der Waals surface area contributed by atoms with Crippen molar-refractivity contribution in [2.45, 2.75) is 38.3 Å². The van der Waals surface area contributed by atoms with Gasteiger partial charge in [0, 0.05) is 31.4 Å². The van der Waals surface area contributed by atoms with Gasteiger partial charge in [-0.15, -0.1) is 0 Å².